The molecule has 0 unspecified atom stereocenters. The fraction of sp³-hybridized carbons (Fsp3) is 0.267. The molecule has 2 heterocycles. The number of anilines is 3. The summed E-state index contributed by atoms with van der Waals surface area (Å²) in [6.07, 6.45) is -3.19. The topological polar surface area (TPSA) is 62.6 Å². The number of nitrogens with one attached hydrogen (secondary N) is 1. The van der Waals surface area contributed by atoms with Crippen LogP contribution in [0.1, 0.15) is 0 Å². The third kappa shape index (κ3) is 4.94. The lowest BCUT2D eigenvalue weighted by atomic mass is 10.2. The minimum atomic E-state index is -4.43. The van der Waals surface area contributed by atoms with Crippen molar-refractivity contribution in [2.75, 3.05) is 23.3 Å². The number of alkyl halides is 5. The van der Waals surface area contributed by atoms with Crippen LogP contribution in [0.15, 0.2) is 35.5 Å². The highest BCUT2D eigenvalue weighted by molar-refractivity contribution is 6.66. The highest BCUT2D eigenvalue weighted by Crippen LogP contribution is 2.36. The Morgan fingerprint density at radius 2 is 1.93 bits per heavy atom. The zero-order valence-corrected chi connectivity index (χ0v) is 14.1. The SMILES string of the molecule is FC(F)Oc1ccc(N2CC(Cl)=Nc3cnc(NCC(F)(F)F)nc32)cc1. The number of hydrogen-bond acceptors (Lipinski definition) is 6. The Bertz CT molecular complexity index is 843. The van der Waals surface area contributed by atoms with Crippen LogP contribution in [0.25, 0.3) is 0 Å². The van der Waals surface area contributed by atoms with Gasteiger partial charge in [-0.3, -0.25) is 0 Å². The van der Waals surface area contributed by atoms with E-state index >= 15 is 0 Å². The predicted molar refractivity (Wildman–Crippen MR) is 89.6 cm³/mol. The molecule has 1 aliphatic rings. The molecule has 0 saturated carbocycles. The lowest BCUT2D eigenvalue weighted by molar-refractivity contribution is -0.115. The van der Waals surface area contributed by atoms with Crippen LogP contribution < -0.4 is 15.0 Å². The van der Waals surface area contributed by atoms with E-state index in [1.54, 1.807) is 4.90 Å². The molecule has 0 atom stereocenters. The third-order valence-corrected chi connectivity index (χ3v) is 3.56. The molecule has 144 valence electrons. The first-order valence-electron chi connectivity index (χ1n) is 7.44. The fourth-order valence-electron chi connectivity index (χ4n) is 2.30. The summed E-state index contributed by atoms with van der Waals surface area (Å²) < 4.78 is 65.9. The number of nitrogens with zero attached hydrogens (tertiary/aromatic N) is 4. The summed E-state index contributed by atoms with van der Waals surface area (Å²) in [5.74, 6) is -0.0514. The van der Waals surface area contributed by atoms with Gasteiger partial charge in [-0.25, -0.2) is 9.98 Å². The first kappa shape index (κ1) is 19.1. The number of ether oxygens (including phenoxy) is 1. The Kier molecular flexibility index (Phi) is 5.31. The second-order valence-electron chi connectivity index (χ2n) is 5.32. The summed E-state index contributed by atoms with van der Waals surface area (Å²) in [5, 5.41) is 2.29. The zero-order valence-electron chi connectivity index (χ0n) is 13.3. The average Bonchev–Trinajstić information content (AvgIpc) is 2.59. The smallest absolute Gasteiger partial charge is 0.405 e. The van der Waals surface area contributed by atoms with Gasteiger partial charge in [0.25, 0.3) is 0 Å². The molecule has 1 N–H and O–H groups in total. The quantitative estimate of drug-likeness (QED) is 0.741. The van der Waals surface area contributed by atoms with E-state index in [4.69, 9.17) is 11.6 Å². The molecule has 0 bridgehead atoms. The second kappa shape index (κ2) is 7.51. The lowest BCUT2D eigenvalue weighted by Crippen LogP contribution is -2.28. The maximum Gasteiger partial charge on any atom is 0.405 e. The van der Waals surface area contributed by atoms with Crippen molar-refractivity contribution in [3.05, 3.63) is 30.5 Å². The van der Waals surface area contributed by atoms with E-state index in [0.717, 1.165) is 0 Å². The van der Waals surface area contributed by atoms with E-state index in [0.29, 0.717) is 5.69 Å². The maximum atomic E-state index is 12.4. The largest absolute Gasteiger partial charge is 0.435 e. The molecule has 1 aromatic heterocycles. The van der Waals surface area contributed by atoms with Crippen molar-refractivity contribution in [2.24, 2.45) is 4.99 Å². The number of rotatable bonds is 5. The van der Waals surface area contributed by atoms with E-state index < -0.39 is 19.3 Å². The molecule has 1 aromatic carbocycles. The van der Waals surface area contributed by atoms with Gasteiger partial charge in [-0.05, 0) is 24.3 Å². The summed E-state index contributed by atoms with van der Waals surface area (Å²) in [7, 11) is 0. The highest BCUT2D eigenvalue weighted by atomic mass is 35.5. The van der Waals surface area contributed by atoms with Crippen LogP contribution in [0.3, 0.4) is 0 Å². The molecule has 0 fully saturated rings. The van der Waals surface area contributed by atoms with Crippen molar-refractivity contribution in [3.63, 3.8) is 0 Å². The molecule has 2 aromatic rings. The number of benzene rings is 1. The predicted octanol–water partition coefficient (Wildman–Crippen LogP) is 4.47. The fourth-order valence-corrected chi connectivity index (χ4v) is 2.51. The normalized spacial score (nSPS) is 14.0. The van der Waals surface area contributed by atoms with E-state index in [9.17, 15) is 22.0 Å². The van der Waals surface area contributed by atoms with Crippen molar-refractivity contribution < 1.29 is 26.7 Å². The summed E-state index contributed by atoms with van der Waals surface area (Å²) in [5.41, 5.74) is 0.767. The summed E-state index contributed by atoms with van der Waals surface area (Å²) in [6, 6.07) is 5.62. The Hall–Kier alpha value is -2.69. The number of halogens is 6. The van der Waals surface area contributed by atoms with Gasteiger partial charge in [0.15, 0.2) is 5.82 Å². The minimum absolute atomic E-state index is 0.0408. The van der Waals surface area contributed by atoms with E-state index in [2.05, 4.69) is 25.0 Å². The standard InChI is InChI=1S/C15H11ClF5N5O/c16-11-6-26(8-1-3-9(4-2-8)27-13(17)18)12-10(24-11)5-22-14(25-12)23-7-15(19,20)21/h1-5,13H,6-7H2,(H,22,23,25). The van der Waals surface area contributed by atoms with Crippen molar-refractivity contribution in [3.8, 4) is 5.75 Å². The first-order valence-corrected chi connectivity index (χ1v) is 7.82. The van der Waals surface area contributed by atoms with Crippen molar-refractivity contribution >= 4 is 39.9 Å². The van der Waals surface area contributed by atoms with Crippen molar-refractivity contribution in [1.82, 2.24) is 9.97 Å². The highest BCUT2D eigenvalue weighted by Gasteiger charge is 2.28. The Balaban J connectivity index is 1.88. The van der Waals surface area contributed by atoms with Gasteiger partial charge in [0.1, 0.15) is 23.2 Å². The third-order valence-electron chi connectivity index (χ3n) is 3.36. The van der Waals surface area contributed by atoms with Crippen molar-refractivity contribution in [1.29, 1.82) is 0 Å². The summed E-state index contributed by atoms with van der Waals surface area (Å²) >= 11 is 6.01. The van der Waals surface area contributed by atoms with Crippen LogP contribution in [0.2, 0.25) is 0 Å². The zero-order chi connectivity index (χ0) is 19.6. The number of fused-ring (bicyclic) bond motifs is 1. The molecule has 0 saturated heterocycles. The number of hydrogen-bond donors (Lipinski definition) is 1. The van der Waals surface area contributed by atoms with E-state index in [-0.39, 0.29) is 34.9 Å². The molecular weight excluding hydrogens is 397 g/mol. The summed E-state index contributed by atoms with van der Waals surface area (Å²) in [6.45, 7) is -4.16. The van der Waals surface area contributed by atoms with Gasteiger partial charge >= 0.3 is 12.8 Å². The van der Waals surface area contributed by atoms with Crippen LogP contribution in [-0.2, 0) is 0 Å². The van der Waals surface area contributed by atoms with E-state index in [1.807, 2.05) is 0 Å². The first-order chi connectivity index (χ1) is 12.7. The van der Waals surface area contributed by atoms with Gasteiger partial charge in [-0.15, -0.1) is 0 Å². The Morgan fingerprint density at radius 1 is 1.22 bits per heavy atom. The van der Waals surface area contributed by atoms with Gasteiger partial charge in [0, 0.05) is 5.69 Å². The van der Waals surface area contributed by atoms with Crippen LogP contribution in [0.5, 0.6) is 5.75 Å². The van der Waals surface area contributed by atoms with Gasteiger partial charge in [0.2, 0.25) is 5.95 Å². The molecule has 0 spiro atoms. The van der Waals surface area contributed by atoms with Crippen LogP contribution >= 0.6 is 11.6 Å². The van der Waals surface area contributed by atoms with Crippen LogP contribution in [0.4, 0.5) is 45.1 Å². The lowest BCUT2D eigenvalue weighted by Gasteiger charge is -2.28. The average molecular weight is 408 g/mol. The molecule has 12 heteroatoms. The molecule has 1 aliphatic heterocycles. The molecule has 0 radical (unpaired) electrons. The molecule has 0 aliphatic carbocycles. The Labute approximate surface area is 154 Å². The number of aromatic nitrogens is 2. The van der Waals surface area contributed by atoms with Crippen LogP contribution in [-0.4, -0.2) is 41.0 Å². The van der Waals surface area contributed by atoms with E-state index in [1.165, 1.54) is 30.5 Å². The van der Waals surface area contributed by atoms with Gasteiger partial charge in [-0.1, -0.05) is 11.6 Å². The van der Waals surface area contributed by atoms with Gasteiger partial charge < -0.3 is 15.0 Å². The van der Waals surface area contributed by atoms with Crippen molar-refractivity contribution in [2.45, 2.75) is 12.8 Å². The van der Waals surface area contributed by atoms with Gasteiger partial charge in [-0.2, -0.15) is 26.9 Å². The summed E-state index contributed by atoms with van der Waals surface area (Å²) in [4.78, 5) is 13.5. The monoisotopic (exact) mass is 407 g/mol. The minimum Gasteiger partial charge on any atom is -0.435 e. The molecular formula is C15H11ClF5N5O. The molecule has 0 amide bonds. The second-order valence-corrected chi connectivity index (χ2v) is 5.75. The Morgan fingerprint density at radius 3 is 2.56 bits per heavy atom. The molecule has 3 rings (SSSR count). The number of aliphatic imine (C=N–C) groups is 1. The maximum absolute atomic E-state index is 12.4. The van der Waals surface area contributed by atoms with Gasteiger partial charge in [0.05, 0.1) is 12.7 Å². The van der Waals surface area contributed by atoms with Crippen LogP contribution in [0, 0.1) is 0 Å². The molecule has 27 heavy (non-hydrogen) atoms. The molecule has 6 nitrogen and oxygen atoms in total.